The molecule has 2 aromatic heterocycles. The number of aryl methyl sites for hydroxylation is 1. The highest BCUT2D eigenvalue weighted by Gasteiger charge is 2.12. The first-order valence-electron chi connectivity index (χ1n) is 7.72. The van der Waals surface area contributed by atoms with Gasteiger partial charge in [-0.2, -0.15) is 0 Å². The van der Waals surface area contributed by atoms with Gasteiger partial charge in [0.1, 0.15) is 0 Å². The van der Waals surface area contributed by atoms with E-state index < -0.39 is 0 Å². The molecule has 0 radical (unpaired) electrons. The van der Waals surface area contributed by atoms with Crippen LogP contribution in [0.25, 0.3) is 10.6 Å². The van der Waals surface area contributed by atoms with E-state index in [1.165, 1.54) is 0 Å². The first-order chi connectivity index (χ1) is 12.2. The normalized spacial score (nSPS) is 10.7. The molecular formula is C17H18ClN5OS. The Labute approximate surface area is 155 Å². The average molecular weight is 376 g/mol. The molecule has 0 fully saturated rings. The van der Waals surface area contributed by atoms with Gasteiger partial charge < -0.3 is 15.4 Å². The summed E-state index contributed by atoms with van der Waals surface area (Å²) in [5, 5.41) is 7.93. The average Bonchev–Trinajstić information content (AvgIpc) is 2.96. The molecule has 0 aliphatic heterocycles. The Morgan fingerprint density at radius 3 is 2.92 bits per heavy atom. The number of nitrogens with one attached hydrogen (secondary N) is 2. The SMILES string of the molecule is COCCNc1nc(C)c(-c2ccnc(Nc3cccc(Cl)c3)n2)s1. The molecule has 3 aromatic rings. The molecule has 0 saturated carbocycles. The highest BCUT2D eigenvalue weighted by molar-refractivity contribution is 7.19. The number of thiazole rings is 1. The number of anilines is 3. The molecule has 2 N–H and O–H groups in total. The molecule has 0 bridgehead atoms. The summed E-state index contributed by atoms with van der Waals surface area (Å²) in [6, 6.07) is 9.32. The van der Waals surface area contributed by atoms with Crippen LogP contribution >= 0.6 is 22.9 Å². The van der Waals surface area contributed by atoms with E-state index in [4.69, 9.17) is 16.3 Å². The molecule has 0 spiro atoms. The lowest BCUT2D eigenvalue weighted by molar-refractivity contribution is 0.211. The predicted octanol–water partition coefficient (Wildman–Crippen LogP) is 4.36. The van der Waals surface area contributed by atoms with Crippen molar-refractivity contribution in [1.82, 2.24) is 15.0 Å². The Morgan fingerprint density at radius 1 is 1.24 bits per heavy atom. The van der Waals surface area contributed by atoms with Gasteiger partial charge in [0, 0.05) is 30.6 Å². The van der Waals surface area contributed by atoms with Crippen LogP contribution in [-0.2, 0) is 4.74 Å². The van der Waals surface area contributed by atoms with Gasteiger partial charge in [-0.25, -0.2) is 15.0 Å². The Bertz CT molecular complexity index is 855. The third kappa shape index (κ3) is 4.66. The fourth-order valence-electron chi connectivity index (χ4n) is 2.21. The van der Waals surface area contributed by atoms with Gasteiger partial charge in [0.25, 0.3) is 0 Å². The Hall–Kier alpha value is -2.22. The Kier molecular flexibility index (Phi) is 5.80. The summed E-state index contributed by atoms with van der Waals surface area (Å²) in [5.41, 5.74) is 2.60. The summed E-state index contributed by atoms with van der Waals surface area (Å²) in [6.07, 6.45) is 1.73. The van der Waals surface area contributed by atoms with Crippen molar-refractivity contribution in [1.29, 1.82) is 0 Å². The van der Waals surface area contributed by atoms with E-state index in [0.29, 0.717) is 24.1 Å². The number of methoxy groups -OCH3 is 1. The Morgan fingerprint density at radius 2 is 2.12 bits per heavy atom. The zero-order valence-corrected chi connectivity index (χ0v) is 15.5. The third-order valence-electron chi connectivity index (χ3n) is 3.35. The van der Waals surface area contributed by atoms with Gasteiger partial charge in [0.05, 0.1) is 22.9 Å². The molecule has 0 atom stereocenters. The first-order valence-corrected chi connectivity index (χ1v) is 8.91. The molecule has 3 rings (SSSR count). The lowest BCUT2D eigenvalue weighted by Gasteiger charge is -2.06. The van der Waals surface area contributed by atoms with Crippen LogP contribution < -0.4 is 10.6 Å². The second kappa shape index (κ2) is 8.24. The van der Waals surface area contributed by atoms with E-state index in [-0.39, 0.29) is 0 Å². The van der Waals surface area contributed by atoms with Crippen LogP contribution in [0.15, 0.2) is 36.5 Å². The minimum absolute atomic E-state index is 0.515. The number of ether oxygens (including phenoxy) is 1. The molecule has 25 heavy (non-hydrogen) atoms. The van der Waals surface area contributed by atoms with Crippen molar-refractivity contribution in [2.75, 3.05) is 30.9 Å². The molecule has 8 heteroatoms. The third-order valence-corrected chi connectivity index (χ3v) is 4.72. The summed E-state index contributed by atoms with van der Waals surface area (Å²) < 4.78 is 5.04. The lowest BCUT2D eigenvalue weighted by Crippen LogP contribution is -2.06. The minimum Gasteiger partial charge on any atom is -0.383 e. The van der Waals surface area contributed by atoms with E-state index in [0.717, 1.165) is 27.1 Å². The fraction of sp³-hybridized carbons (Fsp3) is 0.235. The highest BCUT2D eigenvalue weighted by Crippen LogP contribution is 2.32. The number of benzene rings is 1. The van der Waals surface area contributed by atoms with Gasteiger partial charge in [-0.1, -0.05) is 29.0 Å². The molecule has 0 amide bonds. The van der Waals surface area contributed by atoms with Crippen LogP contribution in [0.3, 0.4) is 0 Å². The van der Waals surface area contributed by atoms with Crippen LogP contribution in [0.1, 0.15) is 5.69 Å². The molecular weight excluding hydrogens is 358 g/mol. The number of rotatable bonds is 7. The van der Waals surface area contributed by atoms with Gasteiger partial charge in [-0.3, -0.25) is 0 Å². The lowest BCUT2D eigenvalue weighted by atomic mass is 10.3. The second-order valence-electron chi connectivity index (χ2n) is 5.25. The second-order valence-corrected chi connectivity index (χ2v) is 6.69. The zero-order valence-electron chi connectivity index (χ0n) is 13.9. The van der Waals surface area contributed by atoms with Crippen molar-refractivity contribution in [2.24, 2.45) is 0 Å². The molecule has 6 nitrogen and oxygen atoms in total. The minimum atomic E-state index is 0.515. The Balaban J connectivity index is 1.79. The topological polar surface area (TPSA) is 72.0 Å². The van der Waals surface area contributed by atoms with Crippen molar-refractivity contribution in [2.45, 2.75) is 6.92 Å². The standard InChI is InChI=1S/C17H18ClN5OS/c1-11-15(25-17(21-11)20-8-9-24-2)14-6-7-19-16(23-14)22-13-5-3-4-12(18)10-13/h3-7,10H,8-9H2,1-2H3,(H,20,21)(H,19,22,23). The maximum atomic E-state index is 6.01. The van der Waals surface area contributed by atoms with Gasteiger partial charge in [-0.15, -0.1) is 0 Å². The summed E-state index contributed by atoms with van der Waals surface area (Å²) >= 11 is 7.57. The molecule has 0 aliphatic rings. The van der Waals surface area contributed by atoms with E-state index in [1.807, 2.05) is 37.3 Å². The molecule has 0 saturated heterocycles. The van der Waals surface area contributed by atoms with Crippen LogP contribution in [0.5, 0.6) is 0 Å². The quantitative estimate of drug-likeness (QED) is 0.597. The number of aromatic nitrogens is 3. The van der Waals surface area contributed by atoms with Gasteiger partial charge in [0.2, 0.25) is 5.95 Å². The summed E-state index contributed by atoms with van der Waals surface area (Å²) in [6.45, 7) is 3.32. The number of halogens is 1. The van der Waals surface area contributed by atoms with Gasteiger partial charge >= 0.3 is 0 Å². The smallest absolute Gasteiger partial charge is 0.227 e. The molecule has 2 heterocycles. The van der Waals surface area contributed by atoms with Gasteiger partial charge in [-0.05, 0) is 31.2 Å². The summed E-state index contributed by atoms with van der Waals surface area (Å²) in [7, 11) is 1.68. The highest BCUT2D eigenvalue weighted by atomic mass is 35.5. The van der Waals surface area contributed by atoms with E-state index in [2.05, 4.69) is 25.6 Å². The molecule has 0 unspecified atom stereocenters. The molecule has 130 valence electrons. The van der Waals surface area contributed by atoms with Crippen molar-refractivity contribution in [3.05, 3.63) is 47.2 Å². The van der Waals surface area contributed by atoms with Crippen molar-refractivity contribution in [3.8, 4) is 10.6 Å². The number of hydrogen-bond donors (Lipinski definition) is 2. The largest absolute Gasteiger partial charge is 0.383 e. The van der Waals surface area contributed by atoms with E-state index in [9.17, 15) is 0 Å². The molecule has 1 aromatic carbocycles. The van der Waals surface area contributed by atoms with Crippen LogP contribution in [0.4, 0.5) is 16.8 Å². The van der Waals surface area contributed by atoms with Crippen LogP contribution in [0.2, 0.25) is 5.02 Å². The fourth-order valence-corrected chi connectivity index (χ4v) is 3.36. The maximum absolute atomic E-state index is 6.01. The zero-order chi connectivity index (χ0) is 17.6. The van der Waals surface area contributed by atoms with Gasteiger partial charge in [0.15, 0.2) is 5.13 Å². The predicted molar refractivity (Wildman–Crippen MR) is 103 cm³/mol. The molecule has 0 aliphatic carbocycles. The summed E-state index contributed by atoms with van der Waals surface area (Å²) in [5.74, 6) is 0.515. The van der Waals surface area contributed by atoms with Crippen LogP contribution in [0, 0.1) is 6.92 Å². The maximum Gasteiger partial charge on any atom is 0.227 e. The van der Waals surface area contributed by atoms with Crippen molar-refractivity contribution in [3.63, 3.8) is 0 Å². The summed E-state index contributed by atoms with van der Waals surface area (Å²) in [4.78, 5) is 14.4. The van der Waals surface area contributed by atoms with E-state index in [1.54, 1.807) is 24.6 Å². The van der Waals surface area contributed by atoms with E-state index >= 15 is 0 Å². The number of nitrogens with zero attached hydrogens (tertiary/aromatic N) is 3. The van der Waals surface area contributed by atoms with Crippen LogP contribution in [-0.4, -0.2) is 35.2 Å². The van der Waals surface area contributed by atoms with Crippen molar-refractivity contribution >= 4 is 39.7 Å². The van der Waals surface area contributed by atoms with Crippen molar-refractivity contribution < 1.29 is 4.74 Å². The monoisotopic (exact) mass is 375 g/mol. The number of hydrogen-bond acceptors (Lipinski definition) is 7. The first kappa shape index (κ1) is 17.6.